The maximum Gasteiger partial charge on any atom is 0.214 e. The number of ketones is 1. The molecule has 0 fully saturated rings. The van der Waals surface area contributed by atoms with Crippen LogP contribution in [0.1, 0.15) is 42.6 Å². The van der Waals surface area contributed by atoms with Gasteiger partial charge in [-0.25, -0.2) is 8.42 Å². The Balaban J connectivity index is 2.20. The molecular weight excluding hydrogens is 350 g/mol. The Kier molecular flexibility index (Phi) is 4.63. The van der Waals surface area contributed by atoms with Crippen LogP contribution in [-0.2, 0) is 9.84 Å². The fourth-order valence-electron chi connectivity index (χ4n) is 3.19. The van der Waals surface area contributed by atoms with Crippen LogP contribution in [0.5, 0.6) is 5.75 Å². The number of rotatable bonds is 4. The molecule has 0 saturated heterocycles. The van der Waals surface area contributed by atoms with E-state index in [1.54, 1.807) is 37.3 Å². The predicted octanol–water partition coefficient (Wildman–Crippen LogP) is 4.13. The van der Waals surface area contributed by atoms with E-state index in [1.165, 1.54) is 13.2 Å². The summed E-state index contributed by atoms with van der Waals surface area (Å²) < 4.78 is 31.7. The summed E-state index contributed by atoms with van der Waals surface area (Å²) in [5.74, 6) is -0.0882. The molecule has 5 nitrogen and oxygen atoms in total. The van der Waals surface area contributed by atoms with E-state index in [0.29, 0.717) is 17.1 Å². The van der Waals surface area contributed by atoms with Crippen molar-refractivity contribution < 1.29 is 17.9 Å². The zero-order valence-corrected chi connectivity index (χ0v) is 16.0. The van der Waals surface area contributed by atoms with E-state index in [4.69, 9.17) is 4.74 Å². The summed E-state index contributed by atoms with van der Waals surface area (Å²) in [7, 11) is -2.50. The van der Waals surface area contributed by atoms with Crippen LogP contribution in [0.4, 0.5) is 5.69 Å². The second-order valence-corrected chi connectivity index (χ2v) is 8.34. The van der Waals surface area contributed by atoms with Crippen molar-refractivity contribution in [3.8, 4) is 5.75 Å². The van der Waals surface area contributed by atoms with Crippen LogP contribution in [0.25, 0.3) is 0 Å². The molecule has 136 valence electrons. The largest absolute Gasteiger partial charge is 0.496 e. The Bertz CT molecular complexity index is 1020. The highest BCUT2D eigenvalue weighted by atomic mass is 32.2. The lowest BCUT2D eigenvalue weighted by molar-refractivity contribution is 0.103. The van der Waals surface area contributed by atoms with E-state index in [2.05, 4.69) is 5.32 Å². The van der Waals surface area contributed by atoms with Crippen molar-refractivity contribution in [3.05, 3.63) is 64.2 Å². The van der Waals surface area contributed by atoms with Gasteiger partial charge in [0.15, 0.2) is 0 Å². The van der Waals surface area contributed by atoms with Crippen LogP contribution in [0, 0.1) is 0 Å². The number of carbonyl (C=O) groups is 1. The van der Waals surface area contributed by atoms with Gasteiger partial charge in [0.1, 0.15) is 10.7 Å². The number of ether oxygens (including phenoxy) is 1. The Morgan fingerprint density at radius 1 is 1.08 bits per heavy atom. The minimum absolute atomic E-state index is 0.132. The van der Waals surface area contributed by atoms with Crippen LogP contribution in [0.3, 0.4) is 0 Å². The molecule has 0 radical (unpaired) electrons. The van der Waals surface area contributed by atoms with Gasteiger partial charge in [-0.15, -0.1) is 0 Å². The Labute approximate surface area is 153 Å². The van der Waals surface area contributed by atoms with Gasteiger partial charge in [-0.2, -0.15) is 0 Å². The van der Waals surface area contributed by atoms with Gasteiger partial charge in [-0.3, -0.25) is 4.79 Å². The molecule has 0 unspecified atom stereocenters. The highest BCUT2D eigenvalue weighted by molar-refractivity contribution is 7.96. The van der Waals surface area contributed by atoms with Crippen LogP contribution in [0.15, 0.2) is 58.0 Å². The normalized spacial score (nSPS) is 15.4. The molecule has 1 N–H and O–H groups in total. The summed E-state index contributed by atoms with van der Waals surface area (Å²) in [5.41, 5.74) is 1.99. The van der Waals surface area contributed by atoms with Crippen molar-refractivity contribution in [2.75, 3.05) is 12.4 Å². The number of allylic oxidation sites excluding steroid dienone is 2. The van der Waals surface area contributed by atoms with Gasteiger partial charge in [0.25, 0.3) is 0 Å². The third-order valence-corrected chi connectivity index (χ3v) is 6.40. The molecule has 0 amide bonds. The number of carbonyl (C=O) groups excluding carboxylic acids is 1. The number of Topliss-reactive ketones (excluding diaryl/α,β-unsaturated/α-hetero) is 1. The number of benzene rings is 2. The maximum atomic E-state index is 13.2. The monoisotopic (exact) mass is 371 g/mol. The first kappa shape index (κ1) is 18.2. The van der Waals surface area contributed by atoms with Gasteiger partial charge in [0.05, 0.1) is 23.3 Å². The quantitative estimate of drug-likeness (QED) is 0.818. The van der Waals surface area contributed by atoms with E-state index >= 15 is 0 Å². The van der Waals surface area contributed by atoms with E-state index < -0.39 is 15.6 Å². The molecule has 0 atom stereocenters. The lowest BCUT2D eigenvalue weighted by atomic mass is 10.0. The van der Waals surface area contributed by atoms with Crippen molar-refractivity contribution in [2.24, 2.45) is 0 Å². The zero-order chi connectivity index (χ0) is 19.1. The third kappa shape index (κ3) is 2.80. The fraction of sp³-hybridized carbons (Fsp3) is 0.250. The van der Waals surface area contributed by atoms with Gasteiger partial charge >= 0.3 is 0 Å². The van der Waals surface area contributed by atoms with Gasteiger partial charge in [0.2, 0.25) is 15.6 Å². The van der Waals surface area contributed by atoms with E-state index in [9.17, 15) is 13.2 Å². The highest BCUT2D eigenvalue weighted by Crippen LogP contribution is 2.40. The average molecular weight is 371 g/mol. The van der Waals surface area contributed by atoms with Gasteiger partial charge < -0.3 is 10.1 Å². The summed E-state index contributed by atoms with van der Waals surface area (Å²) in [4.78, 5) is 13.0. The summed E-state index contributed by atoms with van der Waals surface area (Å²) in [5, 5.41) is 3.14. The molecule has 0 bridgehead atoms. The summed E-state index contributed by atoms with van der Waals surface area (Å²) in [6, 6.07) is 11.7. The van der Waals surface area contributed by atoms with Crippen molar-refractivity contribution in [1.29, 1.82) is 0 Å². The van der Waals surface area contributed by atoms with E-state index in [0.717, 1.165) is 5.56 Å². The lowest BCUT2D eigenvalue weighted by Gasteiger charge is -2.25. The van der Waals surface area contributed by atoms with E-state index in [1.807, 2.05) is 19.9 Å². The van der Waals surface area contributed by atoms with Gasteiger partial charge in [-0.05, 0) is 36.6 Å². The molecule has 26 heavy (non-hydrogen) atoms. The lowest BCUT2D eigenvalue weighted by Crippen LogP contribution is -2.25. The smallest absolute Gasteiger partial charge is 0.214 e. The first-order valence-corrected chi connectivity index (χ1v) is 9.81. The van der Waals surface area contributed by atoms with Crippen molar-refractivity contribution in [1.82, 2.24) is 0 Å². The van der Waals surface area contributed by atoms with Crippen LogP contribution in [0.2, 0.25) is 0 Å². The van der Waals surface area contributed by atoms with Crippen LogP contribution < -0.4 is 10.1 Å². The molecule has 1 heterocycles. The van der Waals surface area contributed by atoms with Gasteiger partial charge in [-0.1, -0.05) is 38.1 Å². The summed E-state index contributed by atoms with van der Waals surface area (Å²) in [6.45, 7) is 5.61. The Morgan fingerprint density at radius 3 is 2.42 bits per heavy atom. The molecule has 2 aromatic carbocycles. The number of fused-ring (bicyclic) bond motifs is 1. The number of nitrogens with one attached hydrogen (secondary N) is 1. The molecule has 0 spiro atoms. The number of hydrogen-bond donors (Lipinski definition) is 1. The predicted molar refractivity (Wildman–Crippen MR) is 101 cm³/mol. The molecule has 2 aromatic rings. The van der Waals surface area contributed by atoms with E-state index in [-0.39, 0.29) is 21.3 Å². The molecule has 6 heteroatoms. The molecule has 0 aromatic heterocycles. The number of methoxy groups -OCH3 is 1. The minimum atomic E-state index is -3.95. The second-order valence-electron chi connectivity index (χ2n) is 6.49. The third-order valence-electron chi connectivity index (χ3n) is 4.45. The topological polar surface area (TPSA) is 72.5 Å². The SMILES string of the molecule is COc1ccccc1C(=O)C1=C(C)Nc2c(C(C)C)cccc2S1(=O)=O. The molecular formula is C20H21NO4S. The number of anilines is 1. The van der Waals surface area contributed by atoms with Crippen LogP contribution >= 0.6 is 0 Å². The van der Waals surface area contributed by atoms with Gasteiger partial charge in [0, 0.05) is 5.70 Å². The number of hydrogen-bond acceptors (Lipinski definition) is 5. The molecule has 0 saturated carbocycles. The zero-order valence-electron chi connectivity index (χ0n) is 15.2. The summed E-state index contributed by atoms with van der Waals surface area (Å²) >= 11 is 0. The first-order valence-electron chi connectivity index (χ1n) is 8.32. The average Bonchev–Trinajstić information content (AvgIpc) is 2.60. The molecule has 0 aliphatic carbocycles. The second kappa shape index (κ2) is 6.61. The Hall–Kier alpha value is -2.60. The minimum Gasteiger partial charge on any atom is -0.496 e. The van der Waals surface area contributed by atoms with Crippen molar-refractivity contribution >= 4 is 21.3 Å². The van der Waals surface area contributed by atoms with Crippen molar-refractivity contribution in [2.45, 2.75) is 31.6 Å². The summed E-state index contributed by atoms with van der Waals surface area (Å²) in [6.07, 6.45) is 0. The molecule has 1 aliphatic rings. The number of para-hydroxylation sites is 2. The first-order chi connectivity index (χ1) is 12.3. The highest BCUT2D eigenvalue weighted by Gasteiger charge is 2.37. The molecule has 1 aliphatic heterocycles. The number of sulfone groups is 1. The standard InChI is InChI=1S/C20H21NO4S/c1-12(2)14-9-7-11-17-18(14)21-13(3)20(26(17,23)24)19(22)15-8-5-6-10-16(15)25-4/h5-12,21H,1-4H3. The Morgan fingerprint density at radius 2 is 1.77 bits per heavy atom. The van der Waals surface area contributed by atoms with Crippen LogP contribution in [-0.4, -0.2) is 21.3 Å². The maximum absolute atomic E-state index is 13.2. The fourth-order valence-corrected chi connectivity index (χ4v) is 4.91. The molecule has 3 rings (SSSR count). The van der Waals surface area contributed by atoms with Crippen molar-refractivity contribution in [3.63, 3.8) is 0 Å².